The number of benzene rings is 1. The van der Waals surface area contributed by atoms with Gasteiger partial charge in [-0.3, -0.25) is 0 Å². The van der Waals surface area contributed by atoms with Crippen molar-refractivity contribution in [2.24, 2.45) is 0 Å². The monoisotopic (exact) mass is 279 g/mol. The first-order valence-electron chi connectivity index (χ1n) is 6.87. The summed E-state index contributed by atoms with van der Waals surface area (Å²) in [6.07, 6.45) is 4.12. The van der Waals surface area contributed by atoms with Crippen molar-refractivity contribution in [2.45, 2.75) is 31.7 Å². The van der Waals surface area contributed by atoms with Gasteiger partial charge >= 0.3 is 5.97 Å². The van der Waals surface area contributed by atoms with Crippen molar-refractivity contribution in [1.82, 2.24) is 5.32 Å². The lowest BCUT2D eigenvalue weighted by atomic mass is 9.96. The summed E-state index contributed by atoms with van der Waals surface area (Å²) in [7, 11) is 2.81. The second kappa shape index (κ2) is 6.61. The fourth-order valence-electron chi connectivity index (χ4n) is 2.58. The van der Waals surface area contributed by atoms with Crippen LogP contribution in [0.2, 0.25) is 0 Å². The Hall–Kier alpha value is -1.75. The Morgan fingerprint density at radius 2 is 2.20 bits per heavy atom. The minimum absolute atomic E-state index is 0.104. The van der Waals surface area contributed by atoms with E-state index in [1.165, 1.54) is 33.1 Å². The molecule has 1 aliphatic rings. The molecule has 0 aromatic heterocycles. The summed E-state index contributed by atoms with van der Waals surface area (Å²) in [5.74, 6) is -0.0209. The van der Waals surface area contributed by atoms with Crippen LogP contribution in [0.5, 0.6) is 11.5 Å². The second-order valence-electron chi connectivity index (χ2n) is 5.03. The third kappa shape index (κ3) is 3.22. The van der Waals surface area contributed by atoms with E-state index in [0.717, 1.165) is 13.0 Å². The predicted octanol–water partition coefficient (Wildman–Crippen LogP) is 1.87. The van der Waals surface area contributed by atoms with Crippen LogP contribution in [-0.2, 0) is 11.2 Å². The van der Waals surface area contributed by atoms with Crippen molar-refractivity contribution in [1.29, 1.82) is 0 Å². The zero-order valence-corrected chi connectivity index (χ0v) is 11.9. The lowest BCUT2D eigenvalue weighted by molar-refractivity contribution is 0.0600. The van der Waals surface area contributed by atoms with Crippen LogP contribution in [0.4, 0.5) is 0 Å². The van der Waals surface area contributed by atoms with Gasteiger partial charge in [0, 0.05) is 11.6 Å². The predicted molar refractivity (Wildman–Crippen MR) is 75.3 cm³/mol. The molecule has 0 spiro atoms. The zero-order chi connectivity index (χ0) is 14.5. The standard InChI is InChI=1S/C15H21NO4/c1-19-13-9-11(15(18)20-2)7-10(14(13)17)8-12-5-3-4-6-16-12/h7,9,12,16-17H,3-6,8H2,1-2H3. The number of rotatable bonds is 4. The number of phenols is 1. The van der Waals surface area contributed by atoms with E-state index in [0.29, 0.717) is 29.3 Å². The van der Waals surface area contributed by atoms with E-state index < -0.39 is 5.97 Å². The Kier molecular flexibility index (Phi) is 4.84. The molecule has 2 rings (SSSR count). The first kappa shape index (κ1) is 14.7. The number of nitrogens with one attached hydrogen (secondary N) is 1. The Balaban J connectivity index is 2.27. The van der Waals surface area contributed by atoms with Gasteiger partial charge in [0.15, 0.2) is 11.5 Å². The molecule has 1 saturated heterocycles. The summed E-state index contributed by atoms with van der Waals surface area (Å²) >= 11 is 0. The van der Waals surface area contributed by atoms with E-state index in [2.05, 4.69) is 5.32 Å². The number of phenolic OH excluding ortho intramolecular Hbond substituents is 1. The molecule has 1 aromatic carbocycles. The Morgan fingerprint density at radius 1 is 1.40 bits per heavy atom. The van der Waals surface area contributed by atoms with Crippen LogP contribution in [0.1, 0.15) is 35.2 Å². The molecule has 20 heavy (non-hydrogen) atoms. The molecule has 0 radical (unpaired) electrons. The van der Waals surface area contributed by atoms with Crippen LogP contribution in [0, 0.1) is 0 Å². The topological polar surface area (TPSA) is 67.8 Å². The maximum absolute atomic E-state index is 11.7. The van der Waals surface area contributed by atoms with E-state index >= 15 is 0 Å². The van der Waals surface area contributed by atoms with E-state index in [1.54, 1.807) is 6.07 Å². The van der Waals surface area contributed by atoms with Crippen LogP contribution >= 0.6 is 0 Å². The van der Waals surface area contributed by atoms with E-state index in [4.69, 9.17) is 9.47 Å². The van der Waals surface area contributed by atoms with Gasteiger partial charge in [-0.05, 0) is 37.9 Å². The molecule has 1 atom stereocenters. The summed E-state index contributed by atoms with van der Waals surface area (Å²) in [5, 5.41) is 13.6. The Labute approximate surface area is 118 Å². The van der Waals surface area contributed by atoms with E-state index in [1.807, 2.05) is 0 Å². The van der Waals surface area contributed by atoms with Gasteiger partial charge in [0.1, 0.15) is 0 Å². The molecule has 1 heterocycles. The second-order valence-corrected chi connectivity index (χ2v) is 5.03. The van der Waals surface area contributed by atoms with E-state index in [9.17, 15) is 9.90 Å². The number of hydrogen-bond acceptors (Lipinski definition) is 5. The van der Waals surface area contributed by atoms with Crippen LogP contribution < -0.4 is 10.1 Å². The van der Waals surface area contributed by atoms with Crippen LogP contribution in [0.15, 0.2) is 12.1 Å². The van der Waals surface area contributed by atoms with Gasteiger partial charge < -0.3 is 19.9 Å². The number of methoxy groups -OCH3 is 2. The molecule has 0 amide bonds. The third-order valence-corrected chi connectivity index (χ3v) is 3.67. The van der Waals surface area contributed by atoms with Crippen molar-refractivity contribution in [3.8, 4) is 11.5 Å². The Bertz CT molecular complexity index is 481. The quantitative estimate of drug-likeness (QED) is 0.824. The molecule has 1 aromatic rings. The lowest BCUT2D eigenvalue weighted by Crippen LogP contribution is -2.35. The highest BCUT2D eigenvalue weighted by Crippen LogP contribution is 2.33. The maximum atomic E-state index is 11.7. The van der Waals surface area contributed by atoms with Crippen LogP contribution in [0.25, 0.3) is 0 Å². The average molecular weight is 279 g/mol. The first-order chi connectivity index (χ1) is 9.65. The normalized spacial score (nSPS) is 18.6. The number of carbonyl (C=O) groups excluding carboxylic acids is 1. The van der Waals surface area contributed by atoms with Gasteiger partial charge in [-0.2, -0.15) is 0 Å². The third-order valence-electron chi connectivity index (χ3n) is 3.67. The number of aromatic hydroxyl groups is 1. The highest BCUT2D eigenvalue weighted by Gasteiger charge is 2.19. The maximum Gasteiger partial charge on any atom is 0.337 e. The first-order valence-corrected chi connectivity index (χ1v) is 6.87. The summed E-state index contributed by atoms with van der Waals surface area (Å²) < 4.78 is 9.86. The van der Waals surface area contributed by atoms with Crippen molar-refractivity contribution in [3.05, 3.63) is 23.3 Å². The molecule has 5 heteroatoms. The SMILES string of the molecule is COC(=O)c1cc(CC2CCCCN2)c(O)c(OC)c1. The average Bonchev–Trinajstić information content (AvgIpc) is 2.49. The molecule has 1 fully saturated rings. The van der Waals surface area contributed by atoms with E-state index in [-0.39, 0.29) is 5.75 Å². The highest BCUT2D eigenvalue weighted by atomic mass is 16.5. The van der Waals surface area contributed by atoms with Gasteiger partial charge in [0.25, 0.3) is 0 Å². The smallest absolute Gasteiger partial charge is 0.337 e. The van der Waals surface area contributed by atoms with Crippen molar-refractivity contribution in [3.63, 3.8) is 0 Å². The van der Waals surface area contributed by atoms with Crippen molar-refractivity contribution >= 4 is 5.97 Å². The molecule has 110 valence electrons. The van der Waals surface area contributed by atoms with Gasteiger partial charge in [0.2, 0.25) is 0 Å². The fourth-order valence-corrected chi connectivity index (χ4v) is 2.58. The van der Waals surface area contributed by atoms with Crippen LogP contribution in [-0.4, -0.2) is 37.9 Å². The lowest BCUT2D eigenvalue weighted by Gasteiger charge is -2.24. The number of piperidine rings is 1. The summed E-state index contributed by atoms with van der Waals surface area (Å²) in [4.78, 5) is 11.7. The number of ether oxygens (including phenoxy) is 2. The van der Waals surface area contributed by atoms with Crippen LogP contribution in [0.3, 0.4) is 0 Å². The fraction of sp³-hybridized carbons (Fsp3) is 0.533. The summed E-state index contributed by atoms with van der Waals surface area (Å²) in [6, 6.07) is 3.51. The molecule has 1 unspecified atom stereocenters. The van der Waals surface area contributed by atoms with Gasteiger partial charge in [-0.25, -0.2) is 4.79 Å². The molecular formula is C15H21NO4. The number of hydrogen-bond donors (Lipinski definition) is 2. The molecular weight excluding hydrogens is 258 g/mol. The molecule has 0 bridgehead atoms. The van der Waals surface area contributed by atoms with Crippen molar-refractivity contribution < 1.29 is 19.4 Å². The van der Waals surface area contributed by atoms with Gasteiger partial charge in [-0.15, -0.1) is 0 Å². The zero-order valence-electron chi connectivity index (χ0n) is 11.9. The molecule has 0 saturated carbocycles. The molecule has 1 aliphatic heterocycles. The summed E-state index contributed by atoms with van der Waals surface area (Å²) in [6.45, 7) is 0.999. The van der Waals surface area contributed by atoms with Gasteiger partial charge in [0.05, 0.1) is 19.8 Å². The minimum Gasteiger partial charge on any atom is -0.504 e. The largest absolute Gasteiger partial charge is 0.504 e. The highest BCUT2D eigenvalue weighted by molar-refractivity contribution is 5.90. The summed E-state index contributed by atoms with van der Waals surface area (Å²) in [5.41, 5.74) is 1.11. The molecule has 2 N–H and O–H groups in total. The Morgan fingerprint density at radius 3 is 2.80 bits per heavy atom. The number of carbonyl (C=O) groups is 1. The van der Waals surface area contributed by atoms with Gasteiger partial charge in [-0.1, -0.05) is 6.42 Å². The van der Waals surface area contributed by atoms with Crippen molar-refractivity contribution in [2.75, 3.05) is 20.8 Å². The molecule has 0 aliphatic carbocycles. The molecule has 5 nitrogen and oxygen atoms in total. The minimum atomic E-state index is -0.429. The number of esters is 1.